The molecular formula is C13H17BrF3N3. The minimum atomic E-state index is -4.12. The van der Waals surface area contributed by atoms with Crippen LogP contribution in [0.25, 0.3) is 0 Å². The van der Waals surface area contributed by atoms with Gasteiger partial charge in [0.25, 0.3) is 0 Å². The number of aryl methyl sites for hydroxylation is 1. The molecule has 1 aromatic rings. The van der Waals surface area contributed by atoms with Gasteiger partial charge in [0.1, 0.15) is 5.82 Å². The van der Waals surface area contributed by atoms with Gasteiger partial charge < -0.3 is 4.90 Å². The van der Waals surface area contributed by atoms with Crippen molar-refractivity contribution >= 4 is 21.7 Å². The number of piperazine rings is 1. The fraction of sp³-hybridized carbons (Fsp3) is 0.615. The van der Waals surface area contributed by atoms with Gasteiger partial charge in [0.05, 0.1) is 6.54 Å². The van der Waals surface area contributed by atoms with Crippen LogP contribution in [-0.2, 0) is 5.33 Å². The molecule has 0 bridgehead atoms. The molecule has 0 aliphatic carbocycles. The summed E-state index contributed by atoms with van der Waals surface area (Å²) < 4.78 is 37.0. The van der Waals surface area contributed by atoms with Gasteiger partial charge in [0.15, 0.2) is 0 Å². The van der Waals surface area contributed by atoms with E-state index in [1.54, 1.807) is 6.20 Å². The van der Waals surface area contributed by atoms with E-state index in [1.165, 1.54) is 4.90 Å². The first-order valence-corrected chi connectivity index (χ1v) is 7.57. The van der Waals surface area contributed by atoms with Gasteiger partial charge in [-0.25, -0.2) is 4.98 Å². The molecule has 0 N–H and O–H groups in total. The van der Waals surface area contributed by atoms with Crippen LogP contribution in [-0.4, -0.2) is 48.8 Å². The Balaban J connectivity index is 1.97. The van der Waals surface area contributed by atoms with Crippen LogP contribution in [0.1, 0.15) is 11.1 Å². The van der Waals surface area contributed by atoms with Crippen LogP contribution in [0.15, 0.2) is 12.3 Å². The number of halogens is 4. The van der Waals surface area contributed by atoms with Crippen LogP contribution < -0.4 is 4.90 Å². The van der Waals surface area contributed by atoms with Gasteiger partial charge in [-0.3, -0.25) is 4.90 Å². The van der Waals surface area contributed by atoms with E-state index in [4.69, 9.17) is 0 Å². The lowest BCUT2D eigenvalue weighted by Crippen LogP contribution is -2.49. The van der Waals surface area contributed by atoms with Crippen LogP contribution in [0, 0.1) is 6.92 Å². The molecule has 1 aromatic heterocycles. The smallest absolute Gasteiger partial charge is 0.354 e. The summed E-state index contributed by atoms with van der Waals surface area (Å²) in [6.45, 7) is 3.16. The molecular weight excluding hydrogens is 335 g/mol. The van der Waals surface area contributed by atoms with E-state index in [0.29, 0.717) is 26.2 Å². The highest BCUT2D eigenvalue weighted by molar-refractivity contribution is 9.08. The number of anilines is 1. The lowest BCUT2D eigenvalue weighted by molar-refractivity contribution is -0.146. The first-order valence-electron chi connectivity index (χ1n) is 6.44. The minimum Gasteiger partial charge on any atom is -0.354 e. The third-order valence-electron chi connectivity index (χ3n) is 3.34. The third kappa shape index (κ3) is 4.09. The standard InChI is InChI=1S/C13H17BrF3N3/c1-10-6-11(7-14)8-18-12(10)20-4-2-19(3-5-20)9-13(15,16)17/h6,8H,2-5,7,9H2,1H3. The zero-order valence-electron chi connectivity index (χ0n) is 11.3. The molecule has 0 amide bonds. The first kappa shape index (κ1) is 15.6. The summed E-state index contributed by atoms with van der Waals surface area (Å²) in [6.07, 6.45) is -2.31. The topological polar surface area (TPSA) is 19.4 Å². The number of hydrogen-bond acceptors (Lipinski definition) is 3. The second-order valence-electron chi connectivity index (χ2n) is 5.00. The Bertz CT molecular complexity index is 457. The summed E-state index contributed by atoms with van der Waals surface area (Å²) in [6, 6.07) is 2.05. The summed E-state index contributed by atoms with van der Waals surface area (Å²) in [7, 11) is 0. The molecule has 1 aliphatic rings. The number of hydrogen-bond donors (Lipinski definition) is 0. The monoisotopic (exact) mass is 351 g/mol. The van der Waals surface area contributed by atoms with Crippen LogP contribution in [0.4, 0.5) is 19.0 Å². The molecule has 7 heteroatoms. The largest absolute Gasteiger partial charge is 0.401 e. The predicted octanol–water partition coefficient (Wildman–Crippen LogP) is 2.97. The van der Waals surface area contributed by atoms with Crippen molar-refractivity contribution in [3.63, 3.8) is 0 Å². The van der Waals surface area contributed by atoms with Crippen molar-refractivity contribution in [3.8, 4) is 0 Å². The maximum Gasteiger partial charge on any atom is 0.401 e. The molecule has 3 nitrogen and oxygen atoms in total. The van der Waals surface area contributed by atoms with E-state index < -0.39 is 12.7 Å². The number of alkyl halides is 4. The molecule has 1 aliphatic heterocycles. The minimum absolute atomic E-state index is 0.417. The molecule has 0 aromatic carbocycles. The van der Waals surface area contributed by atoms with Gasteiger partial charge in [0.2, 0.25) is 0 Å². The SMILES string of the molecule is Cc1cc(CBr)cnc1N1CCN(CC(F)(F)F)CC1. The Hall–Kier alpha value is -0.820. The van der Waals surface area contributed by atoms with Crippen LogP contribution in [0.5, 0.6) is 0 Å². The molecule has 0 radical (unpaired) electrons. The van der Waals surface area contributed by atoms with E-state index in [-0.39, 0.29) is 0 Å². The Labute approximate surface area is 124 Å². The Morgan fingerprint density at radius 3 is 2.40 bits per heavy atom. The van der Waals surface area contributed by atoms with Gasteiger partial charge >= 0.3 is 6.18 Å². The van der Waals surface area contributed by atoms with Gasteiger partial charge in [-0.05, 0) is 18.1 Å². The van der Waals surface area contributed by atoms with Crippen LogP contribution in [0.3, 0.4) is 0 Å². The van der Waals surface area contributed by atoms with Crippen molar-refractivity contribution in [2.24, 2.45) is 0 Å². The predicted molar refractivity (Wildman–Crippen MR) is 76.3 cm³/mol. The molecule has 0 atom stereocenters. The van der Waals surface area contributed by atoms with E-state index in [2.05, 4.69) is 31.9 Å². The Morgan fingerprint density at radius 1 is 1.25 bits per heavy atom. The van der Waals surface area contributed by atoms with Crippen molar-refractivity contribution in [2.75, 3.05) is 37.6 Å². The van der Waals surface area contributed by atoms with Crippen molar-refractivity contribution in [1.82, 2.24) is 9.88 Å². The zero-order chi connectivity index (χ0) is 14.8. The molecule has 1 saturated heterocycles. The third-order valence-corrected chi connectivity index (χ3v) is 3.98. The Kier molecular flexibility index (Phi) is 4.90. The van der Waals surface area contributed by atoms with Crippen molar-refractivity contribution in [2.45, 2.75) is 18.4 Å². The molecule has 0 spiro atoms. The van der Waals surface area contributed by atoms with Gasteiger partial charge in [-0.2, -0.15) is 13.2 Å². The maximum atomic E-state index is 12.3. The summed E-state index contributed by atoms with van der Waals surface area (Å²) in [5.41, 5.74) is 2.16. The highest BCUT2D eigenvalue weighted by Gasteiger charge is 2.32. The normalized spacial score (nSPS) is 17.6. The summed E-state index contributed by atoms with van der Waals surface area (Å²) in [4.78, 5) is 7.93. The van der Waals surface area contributed by atoms with Gasteiger partial charge in [-0.15, -0.1) is 0 Å². The van der Waals surface area contributed by atoms with Gasteiger partial charge in [-0.1, -0.05) is 22.0 Å². The number of pyridine rings is 1. The second-order valence-corrected chi connectivity index (χ2v) is 5.56. The lowest BCUT2D eigenvalue weighted by atomic mass is 10.2. The fourth-order valence-electron chi connectivity index (χ4n) is 2.40. The molecule has 2 heterocycles. The molecule has 20 heavy (non-hydrogen) atoms. The fourth-order valence-corrected chi connectivity index (χ4v) is 2.71. The first-order chi connectivity index (χ1) is 9.39. The molecule has 0 unspecified atom stereocenters. The Morgan fingerprint density at radius 2 is 1.90 bits per heavy atom. The highest BCUT2D eigenvalue weighted by atomic mass is 79.9. The van der Waals surface area contributed by atoms with Crippen molar-refractivity contribution < 1.29 is 13.2 Å². The summed E-state index contributed by atoms with van der Waals surface area (Å²) in [5, 5.41) is 0.750. The molecule has 112 valence electrons. The summed E-state index contributed by atoms with van der Waals surface area (Å²) >= 11 is 3.38. The van der Waals surface area contributed by atoms with E-state index in [0.717, 1.165) is 22.3 Å². The van der Waals surface area contributed by atoms with Crippen molar-refractivity contribution in [3.05, 3.63) is 23.4 Å². The lowest BCUT2D eigenvalue weighted by Gasteiger charge is -2.36. The molecule has 0 saturated carbocycles. The summed E-state index contributed by atoms with van der Waals surface area (Å²) in [5.74, 6) is 0.876. The van der Waals surface area contributed by atoms with Crippen LogP contribution in [0.2, 0.25) is 0 Å². The highest BCUT2D eigenvalue weighted by Crippen LogP contribution is 2.22. The van der Waals surface area contributed by atoms with Crippen molar-refractivity contribution in [1.29, 1.82) is 0 Å². The second kappa shape index (κ2) is 6.30. The van der Waals surface area contributed by atoms with E-state index in [9.17, 15) is 13.2 Å². The molecule has 2 rings (SSSR count). The molecule has 1 fully saturated rings. The quantitative estimate of drug-likeness (QED) is 0.780. The van der Waals surface area contributed by atoms with E-state index in [1.807, 2.05) is 6.92 Å². The van der Waals surface area contributed by atoms with Crippen LogP contribution >= 0.6 is 15.9 Å². The number of nitrogens with zero attached hydrogens (tertiary/aromatic N) is 3. The number of aromatic nitrogens is 1. The zero-order valence-corrected chi connectivity index (χ0v) is 12.8. The van der Waals surface area contributed by atoms with Gasteiger partial charge in [0, 0.05) is 37.7 Å². The number of rotatable bonds is 3. The van der Waals surface area contributed by atoms with E-state index >= 15 is 0 Å². The average Bonchev–Trinajstić information content (AvgIpc) is 2.38. The maximum absolute atomic E-state index is 12.3. The average molecular weight is 352 g/mol.